The molecule has 3 heteroatoms. The molecule has 0 heterocycles. The van der Waals surface area contributed by atoms with Crippen molar-refractivity contribution in [1.29, 1.82) is 0 Å². The lowest BCUT2D eigenvalue weighted by Crippen LogP contribution is -2.27. The second-order valence-electron chi connectivity index (χ2n) is 5.00. The van der Waals surface area contributed by atoms with E-state index in [1.165, 1.54) is 5.56 Å². The van der Waals surface area contributed by atoms with Gasteiger partial charge in [0.1, 0.15) is 5.75 Å². The summed E-state index contributed by atoms with van der Waals surface area (Å²) in [4.78, 5) is 11.6. The minimum Gasteiger partial charge on any atom is -0.496 e. The van der Waals surface area contributed by atoms with Gasteiger partial charge >= 0.3 is 0 Å². The Bertz CT molecular complexity index is 399. The topological polar surface area (TPSA) is 38.3 Å². The van der Waals surface area contributed by atoms with Gasteiger partial charge in [-0.2, -0.15) is 0 Å². The maximum absolute atomic E-state index is 11.6. The molecular formula is C15H23NO2. The van der Waals surface area contributed by atoms with E-state index in [2.05, 4.69) is 25.2 Å². The van der Waals surface area contributed by atoms with E-state index in [0.717, 1.165) is 24.3 Å². The summed E-state index contributed by atoms with van der Waals surface area (Å²) in [5.74, 6) is 1.51. The zero-order chi connectivity index (χ0) is 13.5. The number of hydrogen-bond donors (Lipinski definition) is 1. The van der Waals surface area contributed by atoms with E-state index in [4.69, 9.17) is 4.74 Å². The smallest absolute Gasteiger partial charge is 0.220 e. The number of nitrogens with one attached hydrogen (secondary N) is 1. The monoisotopic (exact) mass is 249 g/mol. The Hall–Kier alpha value is -1.51. The second-order valence-corrected chi connectivity index (χ2v) is 5.00. The summed E-state index contributed by atoms with van der Waals surface area (Å²) >= 11 is 0. The van der Waals surface area contributed by atoms with Crippen LogP contribution in [0.15, 0.2) is 18.2 Å². The lowest BCUT2D eigenvalue weighted by Gasteiger charge is -2.09. The summed E-state index contributed by atoms with van der Waals surface area (Å²) < 4.78 is 5.21. The summed E-state index contributed by atoms with van der Waals surface area (Å²) in [5, 5.41) is 2.93. The maximum atomic E-state index is 11.6. The third kappa shape index (κ3) is 4.78. The molecule has 0 spiro atoms. The summed E-state index contributed by atoms with van der Waals surface area (Å²) in [6.45, 7) is 6.95. The number of hydrogen-bond acceptors (Lipinski definition) is 2. The number of benzene rings is 1. The predicted molar refractivity (Wildman–Crippen MR) is 73.9 cm³/mol. The lowest BCUT2D eigenvalue weighted by atomic mass is 10.1. The van der Waals surface area contributed by atoms with Gasteiger partial charge in [-0.1, -0.05) is 26.0 Å². The Kier molecular flexibility index (Phi) is 5.69. The number of ether oxygens (including phenoxy) is 1. The van der Waals surface area contributed by atoms with E-state index in [9.17, 15) is 4.79 Å². The number of methoxy groups -OCH3 is 1. The lowest BCUT2D eigenvalue weighted by molar-refractivity contribution is -0.121. The van der Waals surface area contributed by atoms with Crippen molar-refractivity contribution < 1.29 is 9.53 Å². The molecule has 0 radical (unpaired) electrons. The molecule has 0 saturated heterocycles. The summed E-state index contributed by atoms with van der Waals surface area (Å²) in [5.41, 5.74) is 2.28. The minimum absolute atomic E-state index is 0.122. The van der Waals surface area contributed by atoms with E-state index < -0.39 is 0 Å². The fraction of sp³-hybridized carbons (Fsp3) is 0.533. The molecule has 0 atom stereocenters. The van der Waals surface area contributed by atoms with Gasteiger partial charge in [0.05, 0.1) is 7.11 Å². The van der Waals surface area contributed by atoms with E-state index in [1.807, 2.05) is 19.1 Å². The molecule has 0 aliphatic heterocycles. The standard InChI is InChI=1S/C15H23NO2/c1-11(2)10-16-15(17)8-6-13-5-7-14(18-4)12(3)9-13/h5,7,9,11H,6,8,10H2,1-4H3,(H,16,17). The first-order chi connectivity index (χ1) is 8.52. The summed E-state index contributed by atoms with van der Waals surface area (Å²) in [7, 11) is 1.67. The van der Waals surface area contributed by atoms with E-state index in [-0.39, 0.29) is 5.91 Å². The van der Waals surface area contributed by atoms with Gasteiger partial charge in [-0.05, 0) is 36.5 Å². The Labute approximate surface area is 110 Å². The fourth-order valence-electron chi connectivity index (χ4n) is 1.76. The van der Waals surface area contributed by atoms with Crippen molar-refractivity contribution in [3.05, 3.63) is 29.3 Å². The van der Waals surface area contributed by atoms with E-state index in [1.54, 1.807) is 7.11 Å². The SMILES string of the molecule is COc1ccc(CCC(=O)NCC(C)C)cc1C. The van der Waals surface area contributed by atoms with Crippen LogP contribution in [-0.2, 0) is 11.2 Å². The van der Waals surface area contributed by atoms with Crippen molar-refractivity contribution in [2.75, 3.05) is 13.7 Å². The molecule has 0 fully saturated rings. The quantitative estimate of drug-likeness (QED) is 0.842. The highest BCUT2D eigenvalue weighted by Gasteiger charge is 2.04. The molecule has 3 nitrogen and oxygen atoms in total. The Morgan fingerprint density at radius 1 is 1.39 bits per heavy atom. The van der Waals surface area contributed by atoms with Gasteiger partial charge in [0.2, 0.25) is 5.91 Å². The molecule has 0 aliphatic rings. The van der Waals surface area contributed by atoms with Crippen molar-refractivity contribution in [3.63, 3.8) is 0 Å². The maximum Gasteiger partial charge on any atom is 0.220 e. The van der Waals surface area contributed by atoms with Crippen LogP contribution in [0.2, 0.25) is 0 Å². The first-order valence-corrected chi connectivity index (χ1v) is 6.43. The number of carbonyl (C=O) groups is 1. The molecule has 1 rings (SSSR count). The molecule has 1 amide bonds. The Morgan fingerprint density at radius 3 is 2.67 bits per heavy atom. The number of aryl methyl sites for hydroxylation is 2. The first kappa shape index (κ1) is 14.6. The van der Waals surface area contributed by atoms with Crippen molar-refractivity contribution in [2.24, 2.45) is 5.92 Å². The van der Waals surface area contributed by atoms with Gasteiger partial charge in [-0.3, -0.25) is 4.79 Å². The zero-order valence-electron chi connectivity index (χ0n) is 11.7. The van der Waals surface area contributed by atoms with Gasteiger partial charge in [0.15, 0.2) is 0 Å². The molecule has 18 heavy (non-hydrogen) atoms. The van der Waals surface area contributed by atoms with Crippen molar-refractivity contribution in [1.82, 2.24) is 5.32 Å². The molecule has 0 bridgehead atoms. The highest BCUT2D eigenvalue weighted by Crippen LogP contribution is 2.19. The van der Waals surface area contributed by atoms with Crippen LogP contribution in [-0.4, -0.2) is 19.6 Å². The molecule has 1 aromatic rings. The fourth-order valence-corrected chi connectivity index (χ4v) is 1.76. The average Bonchev–Trinajstić information content (AvgIpc) is 2.34. The van der Waals surface area contributed by atoms with Gasteiger partial charge in [0.25, 0.3) is 0 Å². The normalized spacial score (nSPS) is 10.5. The summed E-state index contributed by atoms with van der Waals surface area (Å²) in [6.07, 6.45) is 1.31. The van der Waals surface area contributed by atoms with Crippen LogP contribution >= 0.6 is 0 Å². The number of amides is 1. The average molecular weight is 249 g/mol. The van der Waals surface area contributed by atoms with Gasteiger partial charge in [-0.25, -0.2) is 0 Å². The molecule has 0 unspecified atom stereocenters. The zero-order valence-corrected chi connectivity index (χ0v) is 11.7. The molecule has 1 N–H and O–H groups in total. The van der Waals surface area contributed by atoms with Gasteiger partial charge < -0.3 is 10.1 Å². The van der Waals surface area contributed by atoms with Crippen molar-refractivity contribution in [2.45, 2.75) is 33.6 Å². The van der Waals surface area contributed by atoms with E-state index >= 15 is 0 Å². The third-order valence-electron chi connectivity index (χ3n) is 2.81. The molecule has 100 valence electrons. The van der Waals surface area contributed by atoms with Crippen LogP contribution in [0.25, 0.3) is 0 Å². The highest BCUT2D eigenvalue weighted by molar-refractivity contribution is 5.76. The van der Waals surface area contributed by atoms with Gasteiger partial charge in [-0.15, -0.1) is 0 Å². The Morgan fingerprint density at radius 2 is 2.11 bits per heavy atom. The van der Waals surface area contributed by atoms with Crippen LogP contribution in [0.4, 0.5) is 0 Å². The molecule has 0 aliphatic carbocycles. The van der Waals surface area contributed by atoms with Crippen LogP contribution in [0.5, 0.6) is 5.75 Å². The largest absolute Gasteiger partial charge is 0.496 e. The van der Waals surface area contributed by atoms with Crippen LogP contribution < -0.4 is 10.1 Å². The van der Waals surface area contributed by atoms with Crippen LogP contribution in [0.3, 0.4) is 0 Å². The Balaban J connectivity index is 2.43. The minimum atomic E-state index is 0.122. The van der Waals surface area contributed by atoms with E-state index in [0.29, 0.717) is 12.3 Å². The molecule has 0 aromatic heterocycles. The second kappa shape index (κ2) is 7.04. The molecular weight excluding hydrogens is 226 g/mol. The van der Waals surface area contributed by atoms with Crippen molar-refractivity contribution in [3.8, 4) is 5.75 Å². The third-order valence-corrected chi connectivity index (χ3v) is 2.81. The number of rotatable bonds is 6. The van der Waals surface area contributed by atoms with Crippen LogP contribution in [0, 0.1) is 12.8 Å². The molecule has 0 saturated carbocycles. The van der Waals surface area contributed by atoms with Crippen LogP contribution in [0.1, 0.15) is 31.4 Å². The molecule has 1 aromatic carbocycles. The number of carbonyl (C=O) groups excluding carboxylic acids is 1. The first-order valence-electron chi connectivity index (χ1n) is 6.43. The highest BCUT2D eigenvalue weighted by atomic mass is 16.5. The predicted octanol–water partition coefficient (Wildman–Crippen LogP) is 2.71. The van der Waals surface area contributed by atoms with Crippen molar-refractivity contribution >= 4 is 5.91 Å². The van der Waals surface area contributed by atoms with Gasteiger partial charge in [0, 0.05) is 13.0 Å². The summed E-state index contributed by atoms with van der Waals surface area (Å²) in [6, 6.07) is 6.05.